The van der Waals surface area contributed by atoms with Gasteiger partial charge < -0.3 is 15.6 Å². The second-order valence-electron chi connectivity index (χ2n) is 3.55. The van der Waals surface area contributed by atoms with E-state index in [9.17, 15) is 9.59 Å². The molecule has 1 rings (SSSR count). The molecular weight excluding hydrogens is 254 g/mol. The lowest BCUT2D eigenvalue weighted by Gasteiger charge is -2.15. The summed E-state index contributed by atoms with van der Waals surface area (Å²) in [5.41, 5.74) is 5.48. The van der Waals surface area contributed by atoms with Gasteiger partial charge in [0.15, 0.2) is 5.82 Å². The predicted octanol–water partition coefficient (Wildman–Crippen LogP) is -0.0760. The Morgan fingerprint density at radius 2 is 2.28 bits per heavy atom. The van der Waals surface area contributed by atoms with Crippen LogP contribution in [0.4, 0.5) is 4.79 Å². The Hall–Kier alpha value is -1.96. The summed E-state index contributed by atoms with van der Waals surface area (Å²) in [5, 5.41) is 4.68. The van der Waals surface area contributed by atoms with Crippen LogP contribution < -0.4 is 16.4 Å². The van der Waals surface area contributed by atoms with Crippen LogP contribution in [0.1, 0.15) is 25.7 Å². The molecule has 0 aromatic carbocycles. The van der Waals surface area contributed by atoms with E-state index in [1.807, 2.05) is 0 Å². The number of aromatic nitrogens is 2. The molecule has 1 aromatic heterocycles. The second-order valence-corrected chi connectivity index (χ2v) is 3.99. The monoisotopic (exact) mass is 269 g/mol. The highest BCUT2D eigenvalue weighted by Gasteiger charge is 2.20. The molecule has 0 saturated heterocycles. The first kappa shape index (κ1) is 14.1. The summed E-state index contributed by atoms with van der Waals surface area (Å²) in [5.74, 6) is -0.125. The van der Waals surface area contributed by atoms with Crippen LogP contribution in [0.25, 0.3) is 0 Å². The lowest BCUT2D eigenvalue weighted by Crippen LogP contribution is -2.42. The summed E-state index contributed by atoms with van der Waals surface area (Å²) in [6.07, 6.45) is 3.07. The van der Waals surface area contributed by atoms with Gasteiger partial charge in [-0.05, 0) is 13.8 Å². The summed E-state index contributed by atoms with van der Waals surface area (Å²) in [6, 6.07) is -1.17. The van der Waals surface area contributed by atoms with E-state index in [0.717, 1.165) is 0 Å². The number of imidazole rings is 1. The van der Waals surface area contributed by atoms with Crippen molar-refractivity contribution in [1.82, 2.24) is 20.2 Å². The van der Waals surface area contributed by atoms with Crippen molar-refractivity contribution in [3.05, 3.63) is 18.2 Å². The maximum absolute atomic E-state index is 11.8. The van der Waals surface area contributed by atoms with Crippen molar-refractivity contribution < 1.29 is 9.59 Å². The van der Waals surface area contributed by atoms with Crippen LogP contribution in [0, 0.1) is 0 Å². The molecule has 98 valence electrons. The third-order valence-corrected chi connectivity index (χ3v) is 2.44. The second kappa shape index (κ2) is 6.10. The van der Waals surface area contributed by atoms with Gasteiger partial charge in [-0.3, -0.25) is 10.1 Å². The maximum atomic E-state index is 11.8. The summed E-state index contributed by atoms with van der Waals surface area (Å²) < 4.78 is 1.51. The van der Waals surface area contributed by atoms with E-state index in [1.165, 1.54) is 10.8 Å². The fourth-order valence-corrected chi connectivity index (χ4v) is 1.52. The highest BCUT2D eigenvalue weighted by molar-refractivity contribution is 7.80. The first-order valence-electron chi connectivity index (χ1n) is 5.38. The summed E-state index contributed by atoms with van der Waals surface area (Å²) >= 11 is 4.82. The number of hydrogen-bond donors (Lipinski definition) is 3. The molecule has 0 saturated carbocycles. The molecule has 0 radical (unpaired) electrons. The third kappa shape index (κ3) is 3.27. The average molecular weight is 269 g/mol. The molecule has 1 aromatic rings. The van der Waals surface area contributed by atoms with Crippen LogP contribution >= 0.6 is 12.2 Å². The largest absolute Gasteiger partial charge is 0.387 e. The van der Waals surface area contributed by atoms with Gasteiger partial charge in [-0.25, -0.2) is 9.78 Å². The third-order valence-electron chi connectivity index (χ3n) is 2.26. The molecule has 1 heterocycles. The molecule has 0 aliphatic heterocycles. The van der Waals surface area contributed by atoms with Crippen LogP contribution in [-0.2, 0) is 4.79 Å². The van der Waals surface area contributed by atoms with Gasteiger partial charge in [0.1, 0.15) is 11.0 Å². The Kier molecular flexibility index (Phi) is 4.78. The molecule has 0 bridgehead atoms. The minimum atomic E-state index is -0.633. The molecule has 3 amide bonds. The van der Waals surface area contributed by atoms with E-state index in [-0.39, 0.29) is 4.99 Å². The number of carbonyl (C=O) groups excluding carboxylic acids is 2. The number of imide groups is 1. The van der Waals surface area contributed by atoms with Crippen molar-refractivity contribution in [2.24, 2.45) is 5.73 Å². The number of nitrogens with one attached hydrogen (secondary N) is 2. The molecule has 4 N–H and O–H groups in total. The highest BCUT2D eigenvalue weighted by atomic mass is 32.1. The number of hydrogen-bond acceptors (Lipinski definition) is 4. The van der Waals surface area contributed by atoms with Gasteiger partial charge in [-0.15, -0.1) is 0 Å². The SMILES string of the molecule is CCNC(=O)NC(=O)C(C)n1ccnc1C(N)=S. The Morgan fingerprint density at radius 3 is 2.83 bits per heavy atom. The smallest absolute Gasteiger partial charge is 0.321 e. The van der Waals surface area contributed by atoms with Crippen LogP contribution in [0.3, 0.4) is 0 Å². The zero-order valence-electron chi connectivity index (χ0n) is 10.1. The fraction of sp³-hybridized carbons (Fsp3) is 0.400. The van der Waals surface area contributed by atoms with Crippen molar-refractivity contribution in [3.8, 4) is 0 Å². The van der Waals surface area contributed by atoms with Crippen LogP contribution in [-0.4, -0.2) is 33.0 Å². The molecule has 8 heteroatoms. The molecule has 7 nitrogen and oxygen atoms in total. The van der Waals surface area contributed by atoms with E-state index in [2.05, 4.69) is 15.6 Å². The number of rotatable bonds is 4. The number of nitrogens with zero attached hydrogens (tertiary/aromatic N) is 2. The molecule has 0 fully saturated rings. The van der Waals surface area contributed by atoms with E-state index in [0.29, 0.717) is 12.4 Å². The lowest BCUT2D eigenvalue weighted by molar-refractivity contribution is -0.122. The topological polar surface area (TPSA) is 102 Å². The number of carbonyl (C=O) groups is 2. The fourth-order valence-electron chi connectivity index (χ4n) is 1.36. The molecule has 1 unspecified atom stereocenters. The number of urea groups is 1. The Labute approximate surface area is 110 Å². The number of thiocarbonyl (C=S) groups is 1. The Morgan fingerprint density at radius 1 is 1.61 bits per heavy atom. The van der Waals surface area contributed by atoms with E-state index >= 15 is 0 Å². The Bertz CT molecular complexity index is 471. The van der Waals surface area contributed by atoms with Gasteiger partial charge in [0, 0.05) is 18.9 Å². The Balaban J connectivity index is 2.77. The van der Waals surface area contributed by atoms with Gasteiger partial charge in [-0.1, -0.05) is 12.2 Å². The standard InChI is InChI=1S/C10H15N5O2S/c1-3-12-10(17)14-9(16)6(2)15-5-4-13-8(15)7(11)18/h4-6H,3H2,1-2H3,(H2,11,18)(H2,12,14,16,17). The summed E-state index contributed by atoms with van der Waals surface area (Å²) in [4.78, 5) is 27.1. The first-order chi connectivity index (χ1) is 8.47. The predicted molar refractivity (Wildman–Crippen MR) is 70.0 cm³/mol. The van der Waals surface area contributed by atoms with Crippen LogP contribution in [0.15, 0.2) is 12.4 Å². The minimum Gasteiger partial charge on any atom is -0.387 e. The van der Waals surface area contributed by atoms with Crippen molar-refractivity contribution in [2.75, 3.05) is 6.54 Å². The molecule has 0 aliphatic rings. The highest BCUT2D eigenvalue weighted by Crippen LogP contribution is 2.09. The van der Waals surface area contributed by atoms with Gasteiger partial charge >= 0.3 is 6.03 Å². The molecule has 0 spiro atoms. The van der Waals surface area contributed by atoms with Gasteiger partial charge in [0.05, 0.1) is 0 Å². The molecule has 18 heavy (non-hydrogen) atoms. The zero-order valence-corrected chi connectivity index (χ0v) is 11.0. The van der Waals surface area contributed by atoms with Gasteiger partial charge in [0.2, 0.25) is 0 Å². The van der Waals surface area contributed by atoms with E-state index < -0.39 is 18.0 Å². The normalized spacial score (nSPS) is 11.7. The number of nitrogens with two attached hydrogens (primary N) is 1. The summed E-state index contributed by atoms with van der Waals surface area (Å²) in [6.45, 7) is 3.82. The van der Waals surface area contributed by atoms with Crippen molar-refractivity contribution >= 4 is 29.1 Å². The number of amides is 3. The van der Waals surface area contributed by atoms with E-state index in [4.69, 9.17) is 18.0 Å². The van der Waals surface area contributed by atoms with Crippen molar-refractivity contribution in [1.29, 1.82) is 0 Å². The van der Waals surface area contributed by atoms with Gasteiger partial charge in [0.25, 0.3) is 5.91 Å². The van der Waals surface area contributed by atoms with Crippen LogP contribution in [0.2, 0.25) is 0 Å². The molecule has 0 aliphatic carbocycles. The van der Waals surface area contributed by atoms with Crippen LogP contribution in [0.5, 0.6) is 0 Å². The quantitative estimate of drug-likeness (QED) is 0.664. The summed E-state index contributed by atoms with van der Waals surface area (Å²) in [7, 11) is 0. The van der Waals surface area contributed by atoms with E-state index in [1.54, 1.807) is 20.0 Å². The molecular formula is C10H15N5O2S. The van der Waals surface area contributed by atoms with Crippen molar-refractivity contribution in [3.63, 3.8) is 0 Å². The zero-order chi connectivity index (χ0) is 13.7. The maximum Gasteiger partial charge on any atom is 0.321 e. The first-order valence-corrected chi connectivity index (χ1v) is 5.79. The lowest BCUT2D eigenvalue weighted by atomic mass is 10.3. The minimum absolute atomic E-state index is 0.0951. The average Bonchev–Trinajstić information content (AvgIpc) is 2.76. The molecule has 1 atom stereocenters. The van der Waals surface area contributed by atoms with Gasteiger partial charge in [-0.2, -0.15) is 0 Å². The van der Waals surface area contributed by atoms with Crippen molar-refractivity contribution in [2.45, 2.75) is 19.9 Å².